The van der Waals surface area contributed by atoms with Crippen molar-refractivity contribution in [2.75, 3.05) is 20.6 Å². The van der Waals surface area contributed by atoms with Crippen LogP contribution < -0.4 is 0 Å². The molecule has 2 aromatic carbocycles. The third-order valence-electron chi connectivity index (χ3n) is 4.71. The minimum atomic E-state index is -3.59. The summed E-state index contributed by atoms with van der Waals surface area (Å²) in [6.45, 7) is 2.87. The Morgan fingerprint density at radius 2 is 1.88 bits per heavy atom. The Hall–Kier alpha value is -1.82. The second kappa shape index (κ2) is 5.59. The van der Waals surface area contributed by atoms with Crippen LogP contribution in [0.2, 0.25) is 5.02 Å². The molecule has 0 spiro atoms. The third kappa shape index (κ3) is 2.41. The Morgan fingerprint density at radius 3 is 2.60 bits per heavy atom. The molecule has 0 atom stereocenters. The minimum absolute atomic E-state index is 0.334. The van der Waals surface area contributed by atoms with E-state index in [1.165, 1.54) is 3.97 Å². The molecule has 1 aliphatic rings. The SMILES string of the molecule is Cc1ccc2c(c1)c(CCN(C)C)c1n2S(=O)(=O)c2ccc(Cl)cc2-1. The summed E-state index contributed by atoms with van der Waals surface area (Å²) in [6, 6.07) is 10.9. The van der Waals surface area contributed by atoms with Crippen molar-refractivity contribution in [3.05, 3.63) is 52.5 Å². The standard InChI is InChI=1S/C19H19ClN2O2S/c1-12-4-6-17-15(10-12)14(8-9-21(2)3)19-16-11-13(20)5-7-18(16)25(23,24)22(17)19/h4-7,10-11H,8-9H2,1-3H3. The first-order valence-corrected chi connectivity index (χ1v) is 9.96. The van der Waals surface area contributed by atoms with E-state index in [-0.39, 0.29) is 0 Å². The van der Waals surface area contributed by atoms with Crippen molar-refractivity contribution in [3.8, 4) is 11.3 Å². The van der Waals surface area contributed by atoms with E-state index in [2.05, 4.69) is 11.0 Å². The lowest BCUT2D eigenvalue weighted by molar-refractivity contribution is 0.414. The van der Waals surface area contributed by atoms with Gasteiger partial charge < -0.3 is 4.90 Å². The zero-order chi connectivity index (χ0) is 17.9. The number of fused-ring (bicyclic) bond motifs is 5. The van der Waals surface area contributed by atoms with Crippen LogP contribution in [0.3, 0.4) is 0 Å². The van der Waals surface area contributed by atoms with Crippen LogP contribution in [0.4, 0.5) is 0 Å². The molecule has 0 fully saturated rings. The average molecular weight is 375 g/mol. The predicted octanol–water partition coefficient (Wildman–Crippen LogP) is 3.92. The molecule has 2 heterocycles. The summed E-state index contributed by atoms with van der Waals surface area (Å²) in [5, 5.41) is 1.55. The zero-order valence-electron chi connectivity index (χ0n) is 14.4. The molecule has 25 heavy (non-hydrogen) atoms. The molecule has 3 aromatic rings. The molecule has 0 saturated heterocycles. The lowest BCUT2D eigenvalue weighted by Gasteiger charge is -2.10. The second-order valence-electron chi connectivity index (χ2n) is 6.81. The number of halogens is 1. The fourth-order valence-corrected chi connectivity index (χ4v) is 5.47. The number of aryl methyl sites for hydroxylation is 1. The summed E-state index contributed by atoms with van der Waals surface area (Å²) < 4.78 is 27.8. The van der Waals surface area contributed by atoms with Crippen molar-refractivity contribution in [1.82, 2.24) is 8.87 Å². The molecule has 0 aliphatic carbocycles. The molecule has 6 heteroatoms. The number of likely N-dealkylation sites (N-methyl/N-ethyl adjacent to an activating group) is 1. The van der Waals surface area contributed by atoms with Gasteiger partial charge in [0.2, 0.25) is 0 Å². The maximum atomic E-state index is 13.1. The van der Waals surface area contributed by atoms with Gasteiger partial charge in [0.15, 0.2) is 0 Å². The maximum absolute atomic E-state index is 13.1. The smallest absolute Gasteiger partial charge is 0.269 e. The molecule has 0 saturated carbocycles. The maximum Gasteiger partial charge on any atom is 0.269 e. The lowest BCUT2D eigenvalue weighted by Crippen LogP contribution is -2.15. The van der Waals surface area contributed by atoms with Gasteiger partial charge in [-0.25, -0.2) is 12.4 Å². The Kier molecular flexibility index (Phi) is 3.72. The van der Waals surface area contributed by atoms with E-state index >= 15 is 0 Å². The summed E-state index contributed by atoms with van der Waals surface area (Å²) in [5.74, 6) is 0. The fourth-order valence-electron chi connectivity index (χ4n) is 3.56. The highest BCUT2D eigenvalue weighted by atomic mass is 35.5. The van der Waals surface area contributed by atoms with Crippen LogP contribution in [-0.2, 0) is 16.4 Å². The zero-order valence-corrected chi connectivity index (χ0v) is 15.9. The molecule has 0 bridgehead atoms. The van der Waals surface area contributed by atoms with E-state index in [0.29, 0.717) is 15.5 Å². The van der Waals surface area contributed by atoms with Crippen molar-refractivity contribution in [2.45, 2.75) is 18.2 Å². The van der Waals surface area contributed by atoms with Crippen molar-refractivity contribution >= 4 is 32.5 Å². The van der Waals surface area contributed by atoms with Crippen LogP contribution in [0.5, 0.6) is 0 Å². The van der Waals surface area contributed by atoms with Gasteiger partial charge in [-0.05, 0) is 63.3 Å². The molecule has 4 nitrogen and oxygen atoms in total. The molecule has 130 valence electrons. The summed E-state index contributed by atoms with van der Waals surface area (Å²) in [5.41, 5.74) is 4.39. The van der Waals surface area contributed by atoms with Crippen LogP contribution in [0, 0.1) is 6.92 Å². The van der Waals surface area contributed by atoms with Crippen molar-refractivity contribution in [3.63, 3.8) is 0 Å². The molecule has 0 unspecified atom stereocenters. The monoisotopic (exact) mass is 374 g/mol. The lowest BCUT2D eigenvalue weighted by atomic mass is 10.0. The van der Waals surface area contributed by atoms with Crippen molar-refractivity contribution < 1.29 is 8.42 Å². The van der Waals surface area contributed by atoms with E-state index in [9.17, 15) is 8.42 Å². The van der Waals surface area contributed by atoms with Gasteiger partial charge in [-0.1, -0.05) is 23.2 Å². The molecule has 0 radical (unpaired) electrons. The molecule has 0 amide bonds. The quantitative estimate of drug-likeness (QED) is 0.545. The Morgan fingerprint density at radius 1 is 1.12 bits per heavy atom. The summed E-state index contributed by atoms with van der Waals surface area (Å²) in [6.07, 6.45) is 0.775. The van der Waals surface area contributed by atoms with Gasteiger partial charge >= 0.3 is 0 Å². The number of hydrogen-bond acceptors (Lipinski definition) is 3. The van der Waals surface area contributed by atoms with E-state index in [0.717, 1.165) is 40.7 Å². The van der Waals surface area contributed by atoms with Crippen molar-refractivity contribution in [1.29, 1.82) is 0 Å². The fraction of sp³-hybridized carbons (Fsp3) is 0.263. The van der Waals surface area contributed by atoms with Gasteiger partial charge in [-0.15, -0.1) is 0 Å². The molecular weight excluding hydrogens is 356 g/mol. The Balaban J connectivity index is 2.12. The first kappa shape index (κ1) is 16.6. The molecule has 4 rings (SSSR count). The first-order chi connectivity index (χ1) is 11.8. The average Bonchev–Trinajstić information content (AvgIpc) is 2.96. The molecule has 1 aliphatic heterocycles. The van der Waals surface area contributed by atoms with E-state index in [4.69, 9.17) is 11.6 Å². The number of nitrogens with zero attached hydrogens (tertiary/aromatic N) is 2. The number of aromatic nitrogens is 1. The van der Waals surface area contributed by atoms with E-state index < -0.39 is 10.0 Å². The van der Waals surface area contributed by atoms with Crippen LogP contribution in [0.1, 0.15) is 11.1 Å². The number of benzene rings is 2. The predicted molar refractivity (Wildman–Crippen MR) is 102 cm³/mol. The summed E-state index contributed by atoms with van der Waals surface area (Å²) >= 11 is 6.17. The molecule has 1 aromatic heterocycles. The Bertz CT molecular complexity index is 1110. The third-order valence-corrected chi connectivity index (χ3v) is 6.72. The summed E-state index contributed by atoms with van der Waals surface area (Å²) in [4.78, 5) is 2.44. The van der Waals surface area contributed by atoms with Crippen LogP contribution >= 0.6 is 11.6 Å². The highest BCUT2D eigenvalue weighted by Gasteiger charge is 2.37. The highest BCUT2D eigenvalue weighted by molar-refractivity contribution is 7.90. The summed E-state index contributed by atoms with van der Waals surface area (Å²) in [7, 11) is 0.444. The van der Waals surface area contributed by atoms with Crippen LogP contribution in [0.25, 0.3) is 22.2 Å². The first-order valence-electron chi connectivity index (χ1n) is 8.15. The van der Waals surface area contributed by atoms with Crippen LogP contribution in [-0.4, -0.2) is 37.9 Å². The molecule has 0 N–H and O–H groups in total. The largest absolute Gasteiger partial charge is 0.309 e. The van der Waals surface area contributed by atoms with Gasteiger partial charge in [-0.2, -0.15) is 0 Å². The van der Waals surface area contributed by atoms with E-state index in [1.807, 2.05) is 33.2 Å². The highest BCUT2D eigenvalue weighted by Crippen LogP contribution is 2.46. The molecular formula is C19H19ClN2O2S. The van der Waals surface area contributed by atoms with Gasteiger partial charge in [0, 0.05) is 22.5 Å². The van der Waals surface area contributed by atoms with Gasteiger partial charge in [0.1, 0.15) is 0 Å². The van der Waals surface area contributed by atoms with Gasteiger partial charge in [-0.3, -0.25) is 0 Å². The van der Waals surface area contributed by atoms with Crippen LogP contribution in [0.15, 0.2) is 41.3 Å². The topological polar surface area (TPSA) is 42.3 Å². The van der Waals surface area contributed by atoms with E-state index in [1.54, 1.807) is 18.2 Å². The van der Waals surface area contributed by atoms with Gasteiger partial charge in [0.05, 0.1) is 16.1 Å². The Labute approximate surface area is 152 Å². The van der Waals surface area contributed by atoms with Crippen molar-refractivity contribution in [2.24, 2.45) is 0 Å². The second-order valence-corrected chi connectivity index (χ2v) is 9.00. The normalized spacial score (nSPS) is 14.9. The number of rotatable bonds is 3. The number of hydrogen-bond donors (Lipinski definition) is 0. The van der Waals surface area contributed by atoms with Gasteiger partial charge in [0.25, 0.3) is 10.0 Å². The minimum Gasteiger partial charge on any atom is -0.309 e.